The van der Waals surface area contributed by atoms with Crippen LogP contribution in [0.4, 0.5) is 5.69 Å². The van der Waals surface area contributed by atoms with Crippen LogP contribution in [-0.4, -0.2) is 34.2 Å². The third-order valence-electron chi connectivity index (χ3n) is 3.02. The first-order chi connectivity index (χ1) is 9.63. The summed E-state index contributed by atoms with van der Waals surface area (Å²) in [6.07, 6.45) is 0.248. The maximum absolute atomic E-state index is 12.0. The van der Waals surface area contributed by atoms with Gasteiger partial charge in [0.05, 0.1) is 18.7 Å². The molecule has 0 fully saturated rings. The Morgan fingerprint density at radius 2 is 2.40 bits per heavy atom. The molecule has 0 spiro atoms. The van der Waals surface area contributed by atoms with Gasteiger partial charge in [0.15, 0.2) is 5.17 Å². The molecule has 0 aliphatic carbocycles. The third-order valence-corrected chi connectivity index (χ3v) is 4.21. The van der Waals surface area contributed by atoms with Gasteiger partial charge in [-0.25, -0.2) is 0 Å². The number of aliphatic imine (C=N–C) groups is 1. The number of rotatable bonds is 3. The maximum Gasteiger partial charge on any atom is 0.230 e. The highest BCUT2D eigenvalue weighted by molar-refractivity contribution is 8.16. The third kappa shape index (κ3) is 2.62. The van der Waals surface area contributed by atoms with Gasteiger partial charge in [-0.2, -0.15) is 0 Å². The second-order valence-electron chi connectivity index (χ2n) is 4.43. The fourth-order valence-electron chi connectivity index (χ4n) is 2.08. The standard InChI is InChI=1S/C13H12ClN3O2S/c14-8-1-2-11(18)10(5-8)16-12(19)6-9-7-20-13-15-3-4-17(9)13/h1-2,5,7,18H,3-4,6H2,(H,16,19). The van der Waals surface area contributed by atoms with E-state index in [-0.39, 0.29) is 18.1 Å². The number of carbonyl (C=O) groups excluding carboxylic acids is 1. The summed E-state index contributed by atoms with van der Waals surface area (Å²) in [4.78, 5) is 18.4. The summed E-state index contributed by atoms with van der Waals surface area (Å²) in [5.74, 6) is -0.191. The van der Waals surface area contributed by atoms with Crippen LogP contribution in [0.1, 0.15) is 6.42 Å². The van der Waals surface area contributed by atoms with Gasteiger partial charge in [-0.1, -0.05) is 23.4 Å². The van der Waals surface area contributed by atoms with Gasteiger partial charge in [-0.15, -0.1) is 0 Å². The molecule has 1 aromatic carbocycles. The summed E-state index contributed by atoms with van der Waals surface area (Å²) in [6, 6.07) is 4.54. The fourth-order valence-corrected chi connectivity index (χ4v) is 3.21. The molecule has 7 heteroatoms. The molecular weight excluding hydrogens is 298 g/mol. The molecule has 2 aliphatic heterocycles. The molecule has 0 atom stereocenters. The lowest BCUT2D eigenvalue weighted by Crippen LogP contribution is -2.24. The number of thioether (sulfide) groups is 1. The van der Waals surface area contributed by atoms with Crippen molar-refractivity contribution in [2.24, 2.45) is 4.99 Å². The van der Waals surface area contributed by atoms with Gasteiger partial charge >= 0.3 is 0 Å². The monoisotopic (exact) mass is 309 g/mol. The number of amides is 1. The highest BCUT2D eigenvalue weighted by atomic mass is 35.5. The van der Waals surface area contributed by atoms with Gasteiger partial charge in [-0.05, 0) is 23.6 Å². The molecule has 2 heterocycles. The van der Waals surface area contributed by atoms with Crippen molar-refractivity contribution >= 4 is 40.1 Å². The van der Waals surface area contributed by atoms with Crippen molar-refractivity contribution in [3.63, 3.8) is 0 Å². The second kappa shape index (κ2) is 5.38. The number of amidine groups is 1. The largest absolute Gasteiger partial charge is 0.506 e. The highest BCUT2D eigenvalue weighted by Gasteiger charge is 2.27. The summed E-state index contributed by atoms with van der Waals surface area (Å²) in [5.41, 5.74) is 1.26. The Kier molecular flexibility index (Phi) is 3.58. The molecule has 0 radical (unpaired) electrons. The van der Waals surface area contributed by atoms with E-state index in [9.17, 15) is 9.90 Å². The van der Waals surface area contributed by atoms with E-state index in [2.05, 4.69) is 10.3 Å². The molecule has 0 bridgehead atoms. The zero-order valence-electron chi connectivity index (χ0n) is 10.5. The van der Waals surface area contributed by atoms with E-state index in [4.69, 9.17) is 11.6 Å². The minimum absolute atomic E-state index is 0.000880. The van der Waals surface area contributed by atoms with Crippen molar-refractivity contribution in [2.45, 2.75) is 6.42 Å². The molecule has 0 aromatic heterocycles. The first-order valence-electron chi connectivity index (χ1n) is 6.09. The van der Waals surface area contributed by atoms with E-state index in [1.165, 1.54) is 23.9 Å². The van der Waals surface area contributed by atoms with Gasteiger partial charge < -0.3 is 15.3 Å². The maximum atomic E-state index is 12.0. The zero-order chi connectivity index (χ0) is 14.1. The molecule has 5 nitrogen and oxygen atoms in total. The van der Waals surface area contributed by atoms with E-state index < -0.39 is 0 Å². The lowest BCUT2D eigenvalue weighted by Gasteiger charge is -2.16. The van der Waals surface area contributed by atoms with E-state index in [0.29, 0.717) is 10.7 Å². The van der Waals surface area contributed by atoms with Crippen molar-refractivity contribution in [2.75, 3.05) is 18.4 Å². The predicted molar refractivity (Wildman–Crippen MR) is 81.0 cm³/mol. The van der Waals surface area contributed by atoms with E-state index >= 15 is 0 Å². The number of aromatic hydroxyl groups is 1. The summed E-state index contributed by atoms with van der Waals surface area (Å²) in [7, 11) is 0. The molecule has 0 unspecified atom stereocenters. The van der Waals surface area contributed by atoms with E-state index in [1.54, 1.807) is 6.07 Å². The Labute approximate surface area is 125 Å². The second-order valence-corrected chi connectivity index (χ2v) is 5.70. The van der Waals surface area contributed by atoms with Gasteiger partial charge in [0.25, 0.3) is 0 Å². The van der Waals surface area contributed by atoms with Crippen LogP contribution in [0.2, 0.25) is 5.02 Å². The average molecular weight is 310 g/mol. The van der Waals surface area contributed by atoms with Crippen molar-refractivity contribution in [3.8, 4) is 5.75 Å². The topological polar surface area (TPSA) is 64.9 Å². The number of anilines is 1. The van der Waals surface area contributed by atoms with Gasteiger partial charge in [-0.3, -0.25) is 9.79 Å². The van der Waals surface area contributed by atoms with Gasteiger partial charge in [0.2, 0.25) is 5.91 Å². The highest BCUT2D eigenvalue weighted by Crippen LogP contribution is 2.32. The average Bonchev–Trinajstić information content (AvgIpc) is 2.99. The number of carbonyl (C=O) groups is 1. The van der Waals surface area contributed by atoms with Gasteiger partial charge in [0, 0.05) is 17.3 Å². The SMILES string of the molecule is O=C(CC1=CSC2=NCCN12)Nc1cc(Cl)ccc1O. The number of hydrogen-bond donors (Lipinski definition) is 2. The number of halogens is 1. The number of benzene rings is 1. The first-order valence-corrected chi connectivity index (χ1v) is 7.35. The van der Waals surface area contributed by atoms with Crippen LogP contribution in [0.5, 0.6) is 5.75 Å². The van der Waals surface area contributed by atoms with E-state index in [0.717, 1.165) is 24.0 Å². The Balaban J connectivity index is 1.66. The van der Waals surface area contributed by atoms with Crippen molar-refractivity contribution in [3.05, 3.63) is 34.3 Å². The molecule has 1 amide bonds. The molecule has 0 saturated carbocycles. The minimum Gasteiger partial charge on any atom is -0.506 e. The van der Waals surface area contributed by atoms with Gasteiger partial charge in [0.1, 0.15) is 5.75 Å². The quantitative estimate of drug-likeness (QED) is 0.843. The lowest BCUT2D eigenvalue weighted by molar-refractivity contribution is -0.115. The van der Waals surface area contributed by atoms with Crippen molar-refractivity contribution in [1.29, 1.82) is 0 Å². The first kappa shape index (κ1) is 13.3. The molecular formula is C13H12ClN3O2S. The number of fused-ring (bicyclic) bond motifs is 1. The number of hydrogen-bond acceptors (Lipinski definition) is 5. The fraction of sp³-hybridized carbons (Fsp3) is 0.231. The zero-order valence-corrected chi connectivity index (χ0v) is 12.0. The Morgan fingerprint density at radius 3 is 3.25 bits per heavy atom. The Bertz CT molecular complexity index is 630. The molecule has 20 heavy (non-hydrogen) atoms. The predicted octanol–water partition coefficient (Wildman–Crippen LogP) is 2.63. The normalized spacial score (nSPS) is 16.8. The Hall–Kier alpha value is -1.66. The molecule has 2 N–H and O–H groups in total. The molecule has 1 aromatic rings. The summed E-state index contributed by atoms with van der Waals surface area (Å²) in [6.45, 7) is 1.60. The molecule has 104 valence electrons. The van der Waals surface area contributed by atoms with Crippen LogP contribution in [0.25, 0.3) is 0 Å². The van der Waals surface area contributed by atoms with Crippen LogP contribution in [0.15, 0.2) is 34.3 Å². The molecule has 2 aliphatic rings. The number of nitrogens with zero attached hydrogens (tertiary/aromatic N) is 2. The van der Waals surface area contributed by atoms with Crippen LogP contribution >= 0.6 is 23.4 Å². The summed E-state index contributed by atoms with van der Waals surface area (Å²) in [5, 5.41) is 15.7. The summed E-state index contributed by atoms with van der Waals surface area (Å²) >= 11 is 7.38. The summed E-state index contributed by atoms with van der Waals surface area (Å²) < 4.78 is 0. The van der Waals surface area contributed by atoms with Crippen LogP contribution in [0.3, 0.4) is 0 Å². The van der Waals surface area contributed by atoms with Crippen LogP contribution in [0, 0.1) is 0 Å². The van der Waals surface area contributed by atoms with Crippen molar-refractivity contribution < 1.29 is 9.90 Å². The van der Waals surface area contributed by atoms with Crippen molar-refractivity contribution in [1.82, 2.24) is 4.90 Å². The molecule has 3 rings (SSSR count). The molecule has 0 saturated heterocycles. The van der Waals surface area contributed by atoms with E-state index in [1.807, 2.05) is 10.3 Å². The lowest BCUT2D eigenvalue weighted by atomic mass is 10.2. The number of phenolic OH excluding ortho intramolecular Hbond substituents is 1. The minimum atomic E-state index is -0.192. The van der Waals surface area contributed by atoms with Crippen LogP contribution < -0.4 is 5.32 Å². The Morgan fingerprint density at radius 1 is 1.55 bits per heavy atom. The number of nitrogens with one attached hydrogen (secondary N) is 1. The smallest absolute Gasteiger partial charge is 0.230 e. The number of phenols is 1. The van der Waals surface area contributed by atoms with Crippen LogP contribution in [-0.2, 0) is 4.79 Å².